The molecule has 2 N–H and O–H groups in total. The second-order valence-corrected chi connectivity index (χ2v) is 5.62. The molecule has 0 aliphatic carbocycles. The Kier molecular flexibility index (Phi) is 7.25. The first-order valence-electron chi connectivity index (χ1n) is 8.02. The molecule has 0 spiro atoms. The Morgan fingerprint density at radius 3 is 2.38 bits per heavy atom. The molecule has 0 heterocycles. The third-order valence-electron chi connectivity index (χ3n) is 3.48. The Bertz CT molecular complexity index is 656. The largest absolute Gasteiger partial charge is 0.398 e. The van der Waals surface area contributed by atoms with Crippen LogP contribution in [0, 0.1) is 0 Å². The highest BCUT2D eigenvalue weighted by atomic mass is 35.5. The van der Waals surface area contributed by atoms with Crippen molar-refractivity contribution >= 4 is 23.5 Å². The molecule has 0 bridgehead atoms. The Labute approximate surface area is 148 Å². The molecule has 0 aromatic heterocycles. The Morgan fingerprint density at radius 1 is 1.08 bits per heavy atom. The molecule has 0 saturated heterocycles. The van der Waals surface area contributed by atoms with E-state index in [0.29, 0.717) is 23.9 Å². The van der Waals surface area contributed by atoms with Gasteiger partial charge >= 0.3 is 0 Å². The van der Waals surface area contributed by atoms with Gasteiger partial charge in [0.05, 0.1) is 0 Å². The molecular weight excluding hydrogens is 324 g/mol. The predicted molar refractivity (Wildman–Crippen MR) is 99.7 cm³/mol. The summed E-state index contributed by atoms with van der Waals surface area (Å²) in [7, 11) is 0. The minimum Gasteiger partial charge on any atom is -0.398 e. The van der Waals surface area contributed by atoms with E-state index in [4.69, 9.17) is 31.8 Å². The SMILES string of the molecule is CCOC(OCC)C(N=Cc1cc(Cl)ccc1N)c1ccccc1. The highest BCUT2D eigenvalue weighted by Gasteiger charge is 2.23. The van der Waals surface area contributed by atoms with E-state index in [-0.39, 0.29) is 6.04 Å². The molecular formula is C19H23ClN2O2. The highest BCUT2D eigenvalue weighted by Crippen LogP contribution is 2.25. The summed E-state index contributed by atoms with van der Waals surface area (Å²) in [5.74, 6) is 0. The quantitative estimate of drug-likeness (QED) is 0.435. The van der Waals surface area contributed by atoms with Gasteiger partial charge in [-0.2, -0.15) is 0 Å². The van der Waals surface area contributed by atoms with E-state index in [0.717, 1.165) is 11.1 Å². The average Bonchev–Trinajstić information content (AvgIpc) is 2.59. The number of benzene rings is 2. The number of hydrogen-bond acceptors (Lipinski definition) is 4. The summed E-state index contributed by atoms with van der Waals surface area (Å²) in [5, 5.41) is 0.619. The summed E-state index contributed by atoms with van der Waals surface area (Å²) < 4.78 is 11.5. The zero-order valence-corrected chi connectivity index (χ0v) is 14.7. The van der Waals surface area contributed by atoms with Gasteiger partial charge in [0.15, 0.2) is 6.29 Å². The zero-order valence-electron chi connectivity index (χ0n) is 14.0. The second kappa shape index (κ2) is 9.42. The summed E-state index contributed by atoms with van der Waals surface area (Å²) in [4.78, 5) is 4.69. The molecule has 0 aliphatic heterocycles. The van der Waals surface area contributed by atoms with Gasteiger partial charge in [-0.25, -0.2) is 0 Å². The van der Waals surface area contributed by atoms with E-state index >= 15 is 0 Å². The van der Waals surface area contributed by atoms with Gasteiger partial charge < -0.3 is 15.2 Å². The van der Waals surface area contributed by atoms with Gasteiger partial charge in [-0.15, -0.1) is 0 Å². The van der Waals surface area contributed by atoms with Crippen molar-refractivity contribution in [3.8, 4) is 0 Å². The summed E-state index contributed by atoms with van der Waals surface area (Å²) in [6.07, 6.45) is 1.27. The molecule has 0 fully saturated rings. The monoisotopic (exact) mass is 346 g/mol. The number of nitrogens with zero attached hydrogens (tertiary/aromatic N) is 1. The number of ether oxygens (including phenoxy) is 2. The average molecular weight is 347 g/mol. The lowest BCUT2D eigenvalue weighted by atomic mass is 10.1. The molecule has 2 aromatic carbocycles. The van der Waals surface area contributed by atoms with E-state index in [2.05, 4.69) is 0 Å². The molecule has 2 aromatic rings. The summed E-state index contributed by atoms with van der Waals surface area (Å²) in [6, 6.07) is 15.0. The number of halogens is 1. The number of aliphatic imine (C=N–C) groups is 1. The number of nitrogens with two attached hydrogens (primary N) is 1. The fourth-order valence-electron chi connectivity index (χ4n) is 2.34. The Balaban J connectivity index is 2.34. The van der Waals surface area contributed by atoms with Crippen molar-refractivity contribution in [2.45, 2.75) is 26.2 Å². The molecule has 0 saturated carbocycles. The molecule has 2 rings (SSSR count). The predicted octanol–water partition coefficient (Wildman–Crippen LogP) is 4.48. The van der Waals surface area contributed by atoms with Crippen molar-refractivity contribution in [2.75, 3.05) is 18.9 Å². The maximum absolute atomic E-state index is 6.04. The fourth-order valence-corrected chi connectivity index (χ4v) is 2.52. The minimum atomic E-state index is -0.459. The first-order valence-corrected chi connectivity index (χ1v) is 8.39. The summed E-state index contributed by atoms with van der Waals surface area (Å²) in [5.41, 5.74) is 8.41. The lowest BCUT2D eigenvalue weighted by molar-refractivity contribution is -0.148. The number of nitrogen functional groups attached to an aromatic ring is 1. The molecule has 0 amide bonds. The molecule has 4 nitrogen and oxygen atoms in total. The normalized spacial score (nSPS) is 12.8. The van der Waals surface area contributed by atoms with Gasteiger partial charge in [-0.1, -0.05) is 41.9 Å². The standard InChI is InChI=1S/C19H23ClN2O2/c1-3-23-19(24-4-2)18(14-8-6-5-7-9-14)22-13-15-12-16(20)10-11-17(15)21/h5-13,18-19H,3-4,21H2,1-2H3. The number of anilines is 1. The van der Waals surface area contributed by atoms with Gasteiger partial charge in [0, 0.05) is 35.7 Å². The molecule has 1 atom stereocenters. The van der Waals surface area contributed by atoms with Gasteiger partial charge in [0.25, 0.3) is 0 Å². The van der Waals surface area contributed by atoms with E-state index < -0.39 is 6.29 Å². The van der Waals surface area contributed by atoms with E-state index in [1.807, 2.05) is 44.2 Å². The Morgan fingerprint density at radius 2 is 1.75 bits per heavy atom. The minimum absolute atomic E-state index is 0.288. The van der Waals surface area contributed by atoms with Crippen LogP contribution in [0.5, 0.6) is 0 Å². The molecule has 128 valence electrons. The van der Waals surface area contributed by atoms with Crippen LogP contribution in [-0.4, -0.2) is 25.7 Å². The maximum atomic E-state index is 6.04. The van der Waals surface area contributed by atoms with E-state index in [9.17, 15) is 0 Å². The van der Waals surface area contributed by atoms with Crippen molar-refractivity contribution < 1.29 is 9.47 Å². The molecule has 0 aliphatic rings. The van der Waals surface area contributed by atoms with Gasteiger partial charge in [-0.05, 0) is 37.6 Å². The summed E-state index contributed by atoms with van der Waals surface area (Å²) >= 11 is 6.04. The lowest BCUT2D eigenvalue weighted by Crippen LogP contribution is -2.25. The molecule has 24 heavy (non-hydrogen) atoms. The van der Waals surface area contributed by atoms with Crippen LogP contribution in [0.25, 0.3) is 0 Å². The van der Waals surface area contributed by atoms with Crippen molar-refractivity contribution in [1.29, 1.82) is 0 Å². The van der Waals surface area contributed by atoms with Crippen LogP contribution in [0.3, 0.4) is 0 Å². The third-order valence-corrected chi connectivity index (χ3v) is 3.72. The molecule has 5 heteroatoms. The van der Waals surface area contributed by atoms with Crippen LogP contribution in [0.2, 0.25) is 5.02 Å². The number of hydrogen-bond donors (Lipinski definition) is 1. The second-order valence-electron chi connectivity index (χ2n) is 5.19. The Hall–Kier alpha value is -1.88. The summed E-state index contributed by atoms with van der Waals surface area (Å²) in [6.45, 7) is 4.96. The van der Waals surface area contributed by atoms with Crippen LogP contribution in [0.15, 0.2) is 53.5 Å². The topological polar surface area (TPSA) is 56.8 Å². The fraction of sp³-hybridized carbons (Fsp3) is 0.316. The first-order chi connectivity index (χ1) is 11.7. The van der Waals surface area contributed by atoms with E-state index in [1.54, 1.807) is 24.4 Å². The van der Waals surface area contributed by atoms with Gasteiger partial charge in [-0.3, -0.25) is 4.99 Å². The van der Waals surface area contributed by atoms with Crippen molar-refractivity contribution in [1.82, 2.24) is 0 Å². The van der Waals surface area contributed by atoms with Crippen LogP contribution in [0.1, 0.15) is 31.0 Å². The van der Waals surface area contributed by atoms with Gasteiger partial charge in [0.2, 0.25) is 0 Å². The molecule has 1 unspecified atom stereocenters. The highest BCUT2D eigenvalue weighted by molar-refractivity contribution is 6.31. The maximum Gasteiger partial charge on any atom is 0.183 e. The first kappa shape index (κ1) is 18.5. The van der Waals surface area contributed by atoms with E-state index in [1.165, 1.54) is 0 Å². The van der Waals surface area contributed by atoms with Gasteiger partial charge in [0.1, 0.15) is 6.04 Å². The van der Waals surface area contributed by atoms with Crippen LogP contribution in [-0.2, 0) is 9.47 Å². The van der Waals surface area contributed by atoms with Crippen LogP contribution in [0.4, 0.5) is 5.69 Å². The zero-order chi connectivity index (χ0) is 17.4. The van der Waals surface area contributed by atoms with Crippen molar-refractivity contribution in [3.63, 3.8) is 0 Å². The van der Waals surface area contributed by atoms with Crippen LogP contribution >= 0.6 is 11.6 Å². The lowest BCUT2D eigenvalue weighted by Gasteiger charge is -2.24. The smallest absolute Gasteiger partial charge is 0.183 e. The van der Waals surface area contributed by atoms with Crippen LogP contribution < -0.4 is 5.73 Å². The van der Waals surface area contributed by atoms with Crippen molar-refractivity contribution in [3.05, 3.63) is 64.7 Å². The van der Waals surface area contributed by atoms with Crippen molar-refractivity contribution in [2.24, 2.45) is 4.99 Å². The third kappa shape index (κ3) is 5.06. The molecule has 0 radical (unpaired) electrons. The number of rotatable bonds is 8.